The van der Waals surface area contributed by atoms with Crippen molar-refractivity contribution < 1.29 is 39.3 Å². The first-order valence-corrected chi connectivity index (χ1v) is 10.3. The summed E-state index contributed by atoms with van der Waals surface area (Å²) < 4.78 is 0. The van der Waals surface area contributed by atoms with Crippen LogP contribution in [-0.4, -0.2) is 81.8 Å². The van der Waals surface area contributed by atoms with Gasteiger partial charge in [0.05, 0.1) is 18.6 Å². The Kier molecular flexibility index (Phi) is 13.1. The third kappa shape index (κ3) is 10.5. The second kappa shape index (κ2) is 14.3. The Morgan fingerprint density at radius 2 is 1.41 bits per heavy atom. The molecule has 0 radical (unpaired) electrons. The van der Waals surface area contributed by atoms with Gasteiger partial charge < -0.3 is 42.7 Å². The zero-order chi connectivity index (χ0) is 25.0. The third-order valence-electron chi connectivity index (χ3n) is 4.61. The number of aliphatic carboxylic acids is 2. The lowest BCUT2D eigenvalue weighted by Gasteiger charge is -2.27. The van der Waals surface area contributed by atoms with Crippen LogP contribution in [-0.2, 0) is 24.0 Å². The second-order valence-corrected chi connectivity index (χ2v) is 7.85. The second-order valence-electron chi connectivity index (χ2n) is 7.85. The lowest BCUT2D eigenvalue weighted by atomic mass is 10.0. The number of carbonyl (C=O) groups is 5. The van der Waals surface area contributed by atoms with Crippen molar-refractivity contribution in [1.82, 2.24) is 16.0 Å². The summed E-state index contributed by atoms with van der Waals surface area (Å²) in [5.74, 6) is -5.93. The average molecular weight is 462 g/mol. The van der Waals surface area contributed by atoms with E-state index < -0.39 is 72.3 Å². The first kappa shape index (κ1) is 29.2. The fourth-order valence-corrected chi connectivity index (χ4v) is 2.72. The van der Waals surface area contributed by atoms with Gasteiger partial charge in [0.15, 0.2) is 6.04 Å². The van der Waals surface area contributed by atoms with E-state index in [1.165, 1.54) is 6.92 Å². The molecular formula is C19H35N5O8. The monoisotopic (exact) mass is 461 g/mol. The molecule has 0 aliphatic carbocycles. The molecule has 0 spiro atoms. The molecule has 3 amide bonds. The van der Waals surface area contributed by atoms with Gasteiger partial charge in [-0.1, -0.05) is 20.3 Å². The van der Waals surface area contributed by atoms with Crippen LogP contribution in [0.3, 0.4) is 0 Å². The lowest BCUT2D eigenvalue weighted by molar-refractivity contribution is -0.146. The Labute approximate surface area is 186 Å². The number of carbonyl (C=O) groups excluding carboxylic acids is 3. The summed E-state index contributed by atoms with van der Waals surface area (Å²) >= 11 is 0. The van der Waals surface area contributed by atoms with Crippen LogP contribution in [0.5, 0.6) is 0 Å². The molecule has 5 atom stereocenters. The Morgan fingerprint density at radius 3 is 1.84 bits per heavy atom. The summed E-state index contributed by atoms with van der Waals surface area (Å²) in [6.07, 6.45) is -0.651. The predicted octanol–water partition coefficient (Wildman–Crippen LogP) is -2.51. The summed E-state index contributed by atoms with van der Waals surface area (Å²) in [6, 6.07) is -5.35. The SMILES string of the molecule is CC(C)C(NC(=O)C(CC(=O)O)NC(=O)C(N)CCCCN)C(=O)NC(C(=O)O)C(C)O. The first-order chi connectivity index (χ1) is 14.8. The quantitative estimate of drug-likeness (QED) is 0.119. The minimum atomic E-state index is -1.61. The smallest absolute Gasteiger partial charge is 0.328 e. The number of carboxylic acids is 2. The molecule has 13 nitrogen and oxygen atoms in total. The predicted molar refractivity (Wildman–Crippen MR) is 113 cm³/mol. The highest BCUT2D eigenvalue weighted by Crippen LogP contribution is 2.06. The number of rotatable bonds is 15. The number of unbranched alkanes of at least 4 members (excludes halogenated alkanes) is 1. The number of carboxylic acid groups (broad SMARTS) is 2. The number of aliphatic hydroxyl groups is 1. The van der Waals surface area contributed by atoms with E-state index in [9.17, 15) is 29.1 Å². The molecule has 0 fully saturated rings. The van der Waals surface area contributed by atoms with Gasteiger partial charge in [0.1, 0.15) is 12.1 Å². The maximum Gasteiger partial charge on any atom is 0.328 e. The normalized spacial score (nSPS) is 15.7. The lowest BCUT2D eigenvalue weighted by Crippen LogP contribution is -2.59. The van der Waals surface area contributed by atoms with Crippen molar-refractivity contribution in [3.8, 4) is 0 Å². The number of hydrogen-bond acceptors (Lipinski definition) is 8. The van der Waals surface area contributed by atoms with Crippen LogP contribution in [0, 0.1) is 5.92 Å². The van der Waals surface area contributed by atoms with E-state index in [4.69, 9.17) is 21.7 Å². The minimum Gasteiger partial charge on any atom is -0.481 e. The molecule has 0 saturated heterocycles. The molecule has 0 saturated carbocycles. The molecule has 0 aromatic rings. The molecule has 13 heteroatoms. The number of nitrogens with one attached hydrogen (secondary N) is 3. The van der Waals surface area contributed by atoms with Gasteiger partial charge >= 0.3 is 11.9 Å². The zero-order valence-corrected chi connectivity index (χ0v) is 18.5. The standard InChI is InChI=1S/C19H35N5O8/c1-9(2)14(18(30)24-15(10(3)25)19(31)32)23-17(29)12(8-13(26)27)22-16(28)11(21)6-4-5-7-20/h9-12,14-15,25H,4-8,20-21H2,1-3H3,(H,22,28)(H,23,29)(H,24,30)(H,26,27)(H,31,32). The molecule has 0 rings (SSSR count). The van der Waals surface area contributed by atoms with Crippen molar-refractivity contribution in [3.05, 3.63) is 0 Å². The van der Waals surface area contributed by atoms with Gasteiger partial charge in [-0.15, -0.1) is 0 Å². The van der Waals surface area contributed by atoms with Crippen LogP contribution >= 0.6 is 0 Å². The number of aliphatic hydroxyl groups excluding tert-OH is 1. The van der Waals surface area contributed by atoms with Crippen LogP contribution in [0.2, 0.25) is 0 Å². The minimum absolute atomic E-state index is 0.289. The van der Waals surface area contributed by atoms with Crippen molar-refractivity contribution >= 4 is 29.7 Å². The van der Waals surface area contributed by atoms with Crippen LogP contribution in [0.25, 0.3) is 0 Å². The fraction of sp³-hybridized carbons (Fsp3) is 0.737. The van der Waals surface area contributed by atoms with Gasteiger partial charge in [-0.2, -0.15) is 0 Å². The molecule has 0 aromatic heterocycles. The number of nitrogens with two attached hydrogens (primary N) is 2. The Morgan fingerprint density at radius 1 is 0.844 bits per heavy atom. The van der Waals surface area contributed by atoms with Gasteiger partial charge in [-0.25, -0.2) is 4.79 Å². The summed E-state index contributed by atoms with van der Waals surface area (Å²) in [7, 11) is 0. The molecular weight excluding hydrogens is 426 g/mol. The van der Waals surface area contributed by atoms with Gasteiger partial charge in [0.25, 0.3) is 0 Å². The molecule has 0 aliphatic heterocycles. The summed E-state index contributed by atoms with van der Waals surface area (Å²) in [5, 5.41) is 34.5. The van der Waals surface area contributed by atoms with E-state index in [1.54, 1.807) is 13.8 Å². The largest absolute Gasteiger partial charge is 0.481 e. The summed E-state index contributed by atoms with van der Waals surface area (Å²) in [4.78, 5) is 59.9. The summed E-state index contributed by atoms with van der Waals surface area (Å²) in [5.41, 5.74) is 11.2. The van der Waals surface area contributed by atoms with E-state index in [1.807, 2.05) is 0 Å². The van der Waals surface area contributed by atoms with Crippen molar-refractivity contribution in [3.63, 3.8) is 0 Å². The Bertz CT molecular complexity index is 670. The van der Waals surface area contributed by atoms with E-state index in [0.29, 0.717) is 19.4 Å². The maximum atomic E-state index is 12.7. The van der Waals surface area contributed by atoms with Crippen molar-refractivity contribution in [2.75, 3.05) is 6.54 Å². The topological polar surface area (TPSA) is 234 Å². The molecule has 184 valence electrons. The van der Waals surface area contributed by atoms with E-state index in [0.717, 1.165) is 0 Å². The molecule has 5 unspecified atom stereocenters. The fourth-order valence-electron chi connectivity index (χ4n) is 2.72. The number of hydrogen-bond donors (Lipinski definition) is 8. The van der Waals surface area contributed by atoms with Crippen molar-refractivity contribution in [1.29, 1.82) is 0 Å². The molecule has 0 heterocycles. The van der Waals surface area contributed by atoms with Crippen LogP contribution in [0.1, 0.15) is 46.5 Å². The van der Waals surface area contributed by atoms with Crippen molar-refractivity contribution in [2.45, 2.75) is 76.7 Å². The van der Waals surface area contributed by atoms with E-state index in [-0.39, 0.29) is 6.42 Å². The molecule has 10 N–H and O–H groups in total. The van der Waals surface area contributed by atoms with Gasteiger partial charge in [0.2, 0.25) is 17.7 Å². The van der Waals surface area contributed by atoms with Crippen LogP contribution in [0.4, 0.5) is 0 Å². The first-order valence-electron chi connectivity index (χ1n) is 10.3. The molecule has 0 aromatic carbocycles. The van der Waals surface area contributed by atoms with Gasteiger partial charge in [-0.3, -0.25) is 19.2 Å². The van der Waals surface area contributed by atoms with Gasteiger partial charge in [0, 0.05) is 0 Å². The number of amides is 3. The summed E-state index contributed by atoms with van der Waals surface area (Å²) in [6.45, 7) is 4.74. The highest BCUT2D eigenvalue weighted by molar-refractivity contribution is 5.95. The molecule has 0 aliphatic rings. The molecule has 32 heavy (non-hydrogen) atoms. The third-order valence-corrected chi connectivity index (χ3v) is 4.61. The molecule has 0 bridgehead atoms. The highest BCUT2D eigenvalue weighted by atomic mass is 16.4. The van der Waals surface area contributed by atoms with E-state index in [2.05, 4.69) is 16.0 Å². The van der Waals surface area contributed by atoms with E-state index >= 15 is 0 Å². The van der Waals surface area contributed by atoms with Gasteiger partial charge in [-0.05, 0) is 32.2 Å². The average Bonchev–Trinajstić information content (AvgIpc) is 2.68. The van der Waals surface area contributed by atoms with Crippen LogP contribution in [0.15, 0.2) is 0 Å². The zero-order valence-electron chi connectivity index (χ0n) is 18.5. The highest BCUT2D eigenvalue weighted by Gasteiger charge is 2.33. The van der Waals surface area contributed by atoms with Crippen LogP contribution < -0.4 is 27.4 Å². The maximum absolute atomic E-state index is 12.7. The Balaban J connectivity index is 5.35. The Hall–Kier alpha value is -2.77. The van der Waals surface area contributed by atoms with Crippen molar-refractivity contribution in [2.24, 2.45) is 17.4 Å².